The van der Waals surface area contributed by atoms with Crippen molar-refractivity contribution in [3.8, 4) is 12.3 Å². The number of carbonyl (C=O) groups excluding carboxylic acids is 4. The molecule has 9 rings (SSSR count). The van der Waals surface area contributed by atoms with Crippen LogP contribution in [0.2, 0.25) is 0 Å². The number of nitrogens with one attached hydrogen (secondary N) is 4. The van der Waals surface area contributed by atoms with Gasteiger partial charge in [0.25, 0.3) is 0 Å². The van der Waals surface area contributed by atoms with Gasteiger partial charge in [0.1, 0.15) is 41.1 Å². The number of aromatic nitrogens is 4. The summed E-state index contributed by atoms with van der Waals surface area (Å²) in [7, 11) is 3.90. The van der Waals surface area contributed by atoms with Gasteiger partial charge >= 0.3 is 12.2 Å². The highest BCUT2D eigenvalue weighted by Gasteiger charge is 2.42. The van der Waals surface area contributed by atoms with Crippen molar-refractivity contribution < 1.29 is 51.0 Å². The van der Waals surface area contributed by atoms with Crippen molar-refractivity contribution in [1.82, 2.24) is 40.4 Å². The molecular formula is C59H70F4N10O7. The third-order valence-electron chi connectivity index (χ3n) is 16.7. The van der Waals surface area contributed by atoms with Crippen LogP contribution < -0.4 is 31.1 Å². The Balaban J connectivity index is 1.04. The molecule has 0 bridgehead atoms. The van der Waals surface area contributed by atoms with E-state index in [2.05, 4.69) is 26.5 Å². The summed E-state index contributed by atoms with van der Waals surface area (Å²) < 4.78 is 79.4. The number of ether oxygens (including phenoxy) is 3. The standard InChI is InChI=1S/C59H70F4N10O7/c1-8-12-44-45(65-54(64-44)49-13-11-26-72(49)57(75)52(34(4)78-5)69-59(77)80-7)21-19-38-20-22-48(73(38)39-29-42(62)53(43(63)30-39)70-27-23-36(24-28-70)35-15-17-37(60)18-16-35)40-31-46-47(32-41(40)61)67-55(66-46)50-14-10-25-71(50)56(74)51(33(3)9-2)68-58(76)79-6/h1,12,15-18,21,29-34,36,38,48-52H,9-11,13-14,19-20,22-28H2,2-7H3,(H,64,65)(H,66,67)(H,68,76)(H,69,77)/b44-12+,45-21+/t33-,34+,38-,48+,49-,50-,51-,52-/m0/s1. The second kappa shape index (κ2) is 24.8. The number of rotatable bonds is 16. The number of H-pyrrole nitrogens is 2. The van der Waals surface area contributed by atoms with Crippen molar-refractivity contribution in [1.29, 1.82) is 0 Å². The average Bonchev–Trinajstić information content (AvgIpc) is 4.44. The van der Waals surface area contributed by atoms with Crippen LogP contribution in [-0.2, 0) is 23.8 Å². The molecule has 8 atom stereocenters. The fourth-order valence-corrected chi connectivity index (χ4v) is 12.2. The van der Waals surface area contributed by atoms with Gasteiger partial charge in [-0.3, -0.25) is 9.59 Å². The zero-order chi connectivity index (χ0) is 56.9. The molecule has 4 N–H and O–H groups in total. The first-order valence-corrected chi connectivity index (χ1v) is 27.6. The largest absolute Gasteiger partial charge is 0.453 e. The Bertz CT molecular complexity index is 3230. The molecule has 4 aliphatic rings. The number of methoxy groups -OCH3 is 3. The third kappa shape index (κ3) is 11.8. The second-order valence-corrected chi connectivity index (χ2v) is 21.3. The number of anilines is 2. The van der Waals surface area contributed by atoms with Crippen LogP contribution in [0.5, 0.6) is 0 Å². The number of nitrogens with zero attached hydrogens (tertiary/aromatic N) is 6. The number of hydrogen-bond donors (Lipinski definition) is 4. The van der Waals surface area contributed by atoms with Crippen molar-refractivity contribution in [2.75, 3.05) is 57.3 Å². The summed E-state index contributed by atoms with van der Waals surface area (Å²) in [5.74, 6) is 0.340. The quantitative estimate of drug-likeness (QED) is 0.0552. The highest BCUT2D eigenvalue weighted by Crippen LogP contribution is 2.45. The van der Waals surface area contributed by atoms with Gasteiger partial charge in [-0.25, -0.2) is 37.1 Å². The summed E-state index contributed by atoms with van der Waals surface area (Å²) >= 11 is 0. The van der Waals surface area contributed by atoms with Crippen LogP contribution in [-0.4, -0.2) is 125 Å². The zero-order valence-corrected chi connectivity index (χ0v) is 46.0. The van der Waals surface area contributed by atoms with E-state index in [1.807, 2.05) is 24.8 Å². The summed E-state index contributed by atoms with van der Waals surface area (Å²) in [6.07, 6.45) is 12.5. The molecule has 0 spiro atoms. The van der Waals surface area contributed by atoms with E-state index >= 15 is 13.2 Å². The topological polar surface area (TPSA) is 190 Å². The number of hydrogen-bond acceptors (Lipinski definition) is 11. The van der Waals surface area contributed by atoms with Gasteiger partial charge in [-0.05, 0) is 119 Å². The lowest BCUT2D eigenvalue weighted by atomic mass is 9.89. The van der Waals surface area contributed by atoms with Gasteiger partial charge in [0, 0.05) is 56.7 Å². The van der Waals surface area contributed by atoms with Crippen LogP contribution in [0.15, 0.2) is 48.5 Å². The minimum atomic E-state index is -1.05. The number of likely N-dealkylation sites (tertiary alicyclic amines) is 2. The summed E-state index contributed by atoms with van der Waals surface area (Å²) in [4.78, 5) is 76.3. The van der Waals surface area contributed by atoms with E-state index < -0.39 is 72.0 Å². The fraction of sp³-hybridized carbons (Fsp3) is 0.492. The van der Waals surface area contributed by atoms with E-state index in [9.17, 15) is 23.6 Å². The SMILES string of the molecule is C#C/C=c1/[nH]c([C@@H]2CCCN2C(=O)[C@@H](NC(=O)OC)[C@@H](C)OC)n/c1=C/C[C@H]1CC[C@H](c2cc3nc([C@@H]4CCCN4C(=O)[C@@H](NC(=O)OC)[C@@H](C)CC)[nH]c3cc2F)N1c1cc(F)c(N2CCC(c3ccc(F)cc3)CC2)c(F)c1. The lowest BCUT2D eigenvalue weighted by Gasteiger charge is -2.36. The van der Waals surface area contributed by atoms with Crippen LogP contribution in [0.1, 0.15) is 132 Å². The number of benzene rings is 3. The van der Waals surface area contributed by atoms with Crippen LogP contribution >= 0.6 is 0 Å². The molecule has 4 aliphatic heterocycles. The summed E-state index contributed by atoms with van der Waals surface area (Å²) in [6, 6.07) is 7.97. The van der Waals surface area contributed by atoms with E-state index in [4.69, 9.17) is 30.6 Å². The zero-order valence-electron chi connectivity index (χ0n) is 46.0. The van der Waals surface area contributed by atoms with Gasteiger partial charge < -0.3 is 54.4 Å². The van der Waals surface area contributed by atoms with E-state index in [1.54, 1.807) is 39.8 Å². The van der Waals surface area contributed by atoms with Gasteiger partial charge in [0.2, 0.25) is 11.8 Å². The summed E-state index contributed by atoms with van der Waals surface area (Å²) in [5.41, 5.74) is 2.14. The molecular weight excluding hydrogens is 1040 g/mol. The number of halogens is 4. The number of terminal acetylenes is 1. The number of piperidine rings is 1. The molecule has 0 unspecified atom stereocenters. The van der Waals surface area contributed by atoms with Crippen molar-refractivity contribution in [3.63, 3.8) is 0 Å². The Morgan fingerprint density at radius 3 is 1.98 bits per heavy atom. The second-order valence-electron chi connectivity index (χ2n) is 21.3. The first-order valence-electron chi connectivity index (χ1n) is 27.6. The lowest BCUT2D eigenvalue weighted by molar-refractivity contribution is -0.137. The highest BCUT2D eigenvalue weighted by molar-refractivity contribution is 5.87. The predicted molar refractivity (Wildman–Crippen MR) is 293 cm³/mol. The minimum absolute atomic E-state index is 0.102. The molecule has 6 heterocycles. The van der Waals surface area contributed by atoms with Crippen molar-refractivity contribution in [2.45, 2.75) is 133 Å². The molecule has 80 heavy (non-hydrogen) atoms. The normalized spacial score (nSPS) is 21.7. The molecule has 3 aromatic carbocycles. The van der Waals surface area contributed by atoms with Crippen molar-refractivity contribution in [3.05, 3.63) is 105 Å². The Morgan fingerprint density at radius 2 is 1.38 bits per heavy atom. The molecule has 0 radical (unpaired) electrons. The van der Waals surface area contributed by atoms with Crippen molar-refractivity contribution >= 4 is 58.6 Å². The Kier molecular flexibility index (Phi) is 17.7. The first kappa shape index (κ1) is 57.1. The highest BCUT2D eigenvalue weighted by atomic mass is 19.1. The van der Waals surface area contributed by atoms with Gasteiger partial charge in [-0.2, -0.15) is 0 Å². The maximum Gasteiger partial charge on any atom is 0.407 e. The first-order chi connectivity index (χ1) is 38.5. The minimum Gasteiger partial charge on any atom is -0.453 e. The van der Waals surface area contributed by atoms with E-state index in [0.717, 1.165) is 5.56 Å². The van der Waals surface area contributed by atoms with E-state index in [0.29, 0.717) is 117 Å². The Labute approximate surface area is 462 Å². The lowest BCUT2D eigenvalue weighted by Crippen LogP contribution is -2.54. The number of aromatic amines is 2. The fourth-order valence-electron chi connectivity index (χ4n) is 12.2. The number of alkyl carbamates (subject to hydrolysis) is 2. The average molecular weight is 1110 g/mol. The monoisotopic (exact) mass is 1110 g/mol. The van der Waals surface area contributed by atoms with Gasteiger partial charge in [0.05, 0.1) is 60.2 Å². The van der Waals surface area contributed by atoms with Crippen LogP contribution in [0.4, 0.5) is 38.5 Å². The Hall–Kier alpha value is -7.60. The molecule has 0 aliphatic carbocycles. The number of fused-ring (bicyclic) bond motifs is 1. The molecule has 17 nitrogen and oxygen atoms in total. The van der Waals surface area contributed by atoms with Crippen LogP contribution in [0.3, 0.4) is 0 Å². The number of amides is 4. The molecule has 5 aromatic rings. The number of imidazole rings is 2. The molecule has 4 amide bonds. The molecule has 4 fully saturated rings. The Morgan fingerprint density at radius 1 is 0.762 bits per heavy atom. The van der Waals surface area contributed by atoms with Gasteiger partial charge in [-0.15, -0.1) is 6.42 Å². The van der Waals surface area contributed by atoms with Gasteiger partial charge in [0.15, 0.2) is 11.6 Å². The summed E-state index contributed by atoms with van der Waals surface area (Å²) in [5, 5.41) is 6.30. The number of carbonyl (C=O) groups is 4. The molecule has 4 saturated heterocycles. The third-order valence-corrected chi connectivity index (χ3v) is 16.7. The van der Waals surface area contributed by atoms with Crippen LogP contribution in [0, 0.1) is 41.5 Å². The molecule has 0 saturated carbocycles. The van der Waals surface area contributed by atoms with E-state index in [-0.39, 0.29) is 52.8 Å². The summed E-state index contributed by atoms with van der Waals surface area (Å²) in [6.45, 7) is 7.06. The molecule has 21 heteroatoms. The maximum atomic E-state index is 17.0. The van der Waals surface area contributed by atoms with Crippen LogP contribution in [0.25, 0.3) is 23.2 Å². The molecule has 426 valence electrons. The van der Waals surface area contributed by atoms with E-state index in [1.165, 1.54) is 57.7 Å². The smallest absolute Gasteiger partial charge is 0.407 e. The maximum absolute atomic E-state index is 17.0. The van der Waals surface area contributed by atoms with Gasteiger partial charge in [-0.1, -0.05) is 44.4 Å². The van der Waals surface area contributed by atoms with Crippen molar-refractivity contribution in [2.24, 2.45) is 5.92 Å². The predicted octanol–water partition coefficient (Wildman–Crippen LogP) is 8.08. The molecule has 2 aromatic heterocycles.